The van der Waals surface area contributed by atoms with E-state index in [0.29, 0.717) is 6.42 Å². The van der Waals surface area contributed by atoms with Crippen LogP contribution < -0.4 is 0 Å². The molecule has 0 aliphatic heterocycles. The first-order valence-corrected chi connectivity index (χ1v) is 24.1. The SMILES string of the molecule is CC/C=C\C/C=C\C/C=C\C/C=C\C=C\C(O)CCCC(=O)O[C@H](COC(=O)CCCC/C=C\C/C=C\C/C=C\CCCCC)COP(=O)(O)OC[C@@H](O)COP(=O)(O)O. The normalized spacial score (nSPS) is 15.5. The molecule has 0 aromatic carbocycles. The maximum Gasteiger partial charge on any atom is 0.472 e. The zero-order valence-corrected chi connectivity index (χ0v) is 37.4. The quantitative estimate of drug-likeness (QED) is 0.0128. The molecule has 0 aliphatic carbocycles. The number of allylic oxidation sites excluding steroid dienone is 15. The molecule has 0 spiro atoms. The number of phosphoric acid groups is 2. The highest BCUT2D eigenvalue weighted by atomic mass is 31.2. The Kier molecular flexibility index (Phi) is 36.9. The van der Waals surface area contributed by atoms with Gasteiger partial charge >= 0.3 is 27.6 Å². The minimum atomic E-state index is -4.89. The van der Waals surface area contributed by atoms with Crippen LogP contribution in [-0.2, 0) is 41.8 Å². The number of unbranched alkanes of at least 4 members (excludes halogenated alkanes) is 5. The fraction of sp³-hybridized carbons (Fsp3) is 0.591. The van der Waals surface area contributed by atoms with Gasteiger partial charge in [0.15, 0.2) is 6.10 Å². The Bertz CT molecular complexity index is 1440. The van der Waals surface area contributed by atoms with E-state index in [1.165, 1.54) is 19.3 Å². The average molecular weight is 887 g/mol. The molecule has 0 heterocycles. The van der Waals surface area contributed by atoms with E-state index in [1.807, 2.05) is 12.2 Å². The third-order valence-corrected chi connectivity index (χ3v) is 9.49. The molecule has 0 aromatic heterocycles. The van der Waals surface area contributed by atoms with Gasteiger partial charge in [-0.3, -0.25) is 23.2 Å². The molecule has 342 valence electrons. The van der Waals surface area contributed by atoms with E-state index in [1.54, 1.807) is 12.2 Å². The third kappa shape index (κ3) is 41.7. The molecule has 0 amide bonds. The number of rotatable bonds is 38. The van der Waals surface area contributed by atoms with Crippen LogP contribution in [0, 0.1) is 0 Å². The smallest absolute Gasteiger partial charge is 0.462 e. The van der Waals surface area contributed by atoms with Crippen molar-refractivity contribution in [2.24, 2.45) is 0 Å². The predicted molar refractivity (Wildman–Crippen MR) is 236 cm³/mol. The highest BCUT2D eigenvalue weighted by molar-refractivity contribution is 7.47. The number of carbonyl (C=O) groups is 2. The maximum atomic E-state index is 12.7. The van der Waals surface area contributed by atoms with Crippen LogP contribution in [0.1, 0.15) is 123 Å². The second kappa shape index (κ2) is 38.9. The number of aliphatic hydroxyl groups excluding tert-OH is 2. The van der Waals surface area contributed by atoms with E-state index in [4.69, 9.17) is 23.8 Å². The van der Waals surface area contributed by atoms with Gasteiger partial charge in [-0.1, -0.05) is 124 Å². The Hall–Kier alpha value is -3.00. The molecule has 5 N–H and O–H groups in total. The molecule has 0 saturated carbocycles. The number of aliphatic hydroxyl groups is 2. The van der Waals surface area contributed by atoms with E-state index in [2.05, 4.69) is 95.8 Å². The first kappa shape index (κ1) is 57.0. The molecule has 4 atom stereocenters. The molecule has 16 heteroatoms. The van der Waals surface area contributed by atoms with E-state index in [9.17, 15) is 33.8 Å². The van der Waals surface area contributed by atoms with Crippen molar-refractivity contribution in [1.82, 2.24) is 0 Å². The van der Waals surface area contributed by atoms with Gasteiger partial charge in [0.1, 0.15) is 12.7 Å². The summed E-state index contributed by atoms with van der Waals surface area (Å²) in [5.74, 6) is -1.29. The highest BCUT2D eigenvalue weighted by Crippen LogP contribution is 2.43. The Labute approximate surface area is 358 Å². The van der Waals surface area contributed by atoms with Gasteiger partial charge in [-0.2, -0.15) is 0 Å². The number of carbonyl (C=O) groups excluding carboxylic acids is 2. The Morgan fingerprint density at radius 3 is 1.67 bits per heavy atom. The third-order valence-electron chi connectivity index (χ3n) is 8.05. The minimum absolute atomic E-state index is 0.0996. The van der Waals surface area contributed by atoms with Gasteiger partial charge in [-0.05, 0) is 83.5 Å². The largest absolute Gasteiger partial charge is 0.472 e. The van der Waals surface area contributed by atoms with Crippen molar-refractivity contribution < 1.29 is 66.7 Å². The van der Waals surface area contributed by atoms with E-state index < -0.39 is 72.3 Å². The maximum absolute atomic E-state index is 12.7. The monoisotopic (exact) mass is 886 g/mol. The number of esters is 2. The van der Waals surface area contributed by atoms with Crippen LogP contribution >= 0.6 is 15.6 Å². The summed E-state index contributed by atoms with van der Waals surface area (Å²) >= 11 is 0. The Balaban J connectivity index is 4.83. The van der Waals surface area contributed by atoms with Crippen molar-refractivity contribution in [3.05, 3.63) is 97.2 Å². The lowest BCUT2D eigenvalue weighted by Crippen LogP contribution is -2.30. The summed E-state index contributed by atoms with van der Waals surface area (Å²) in [6, 6.07) is 0. The van der Waals surface area contributed by atoms with Gasteiger partial charge in [0.25, 0.3) is 0 Å². The summed E-state index contributed by atoms with van der Waals surface area (Å²) in [6.45, 7) is 1.32. The fourth-order valence-electron chi connectivity index (χ4n) is 4.85. The number of hydrogen-bond acceptors (Lipinski definition) is 11. The van der Waals surface area contributed by atoms with Crippen molar-refractivity contribution in [1.29, 1.82) is 0 Å². The van der Waals surface area contributed by atoms with Crippen molar-refractivity contribution in [2.45, 2.75) is 141 Å². The molecule has 14 nitrogen and oxygen atoms in total. The molecule has 0 saturated heterocycles. The van der Waals surface area contributed by atoms with Gasteiger partial charge < -0.3 is 34.4 Å². The first-order chi connectivity index (χ1) is 28.8. The van der Waals surface area contributed by atoms with Crippen LogP contribution in [0.4, 0.5) is 0 Å². The summed E-state index contributed by atoms with van der Waals surface area (Å²) in [4.78, 5) is 52.6. The van der Waals surface area contributed by atoms with Crippen LogP contribution in [0.2, 0.25) is 0 Å². The van der Waals surface area contributed by atoms with Crippen molar-refractivity contribution in [3.8, 4) is 0 Å². The molecular formula is C44H72O14P2. The van der Waals surface area contributed by atoms with Crippen molar-refractivity contribution in [3.63, 3.8) is 0 Å². The fourth-order valence-corrected chi connectivity index (χ4v) is 6.01. The van der Waals surface area contributed by atoms with Crippen LogP contribution in [0.15, 0.2) is 97.2 Å². The standard InChI is InChI=1S/C44H72O14P2/c1-3-5-7-9-11-13-15-17-18-20-22-24-26-28-30-34-43(47)54-38-42(39-57-60(52,53)56-37-41(46)36-55-59(49,50)51)58-44(48)35-31-33-40(45)32-29-27-25-23-21-19-16-14-12-10-8-6-4-2/h6,8,11-14,17-19,21-22,24-25,27,29,32,40-42,45-46H,3-5,7,9-10,15-16,20,23,26,28,30-31,33-39H2,1-2H3,(H,52,53)(H2,49,50,51)/b8-6-,13-11-,14-12-,18-17-,21-19-,24-22-,27-25-,32-29+/t40?,41-,42+/m0/s1. The molecular weight excluding hydrogens is 814 g/mol. The van der Waals surface area contributed by atoms with E-state index in [-0.39, 0.29) is 25.7 Å². The second-order valence-corrected chi connectivity index (χ2v) is 16.4. The summed E-state index contributed by atoms with van der Waals surface area (Å²) in [6.07, 6.45) is 41.5. The Morgan fingerprint density at radius 1 is 0.567 bits per heavy atom. The van der Waals surface area contributed by atoms with Crippen LogP contribution in [-0.4, -0.2) is 81.6 Å². The minimum Gasteiger partial charge on any atom is -0.462 e. The van der Waals surface area contributed by atoms with Gasteiger partial charge in [0.2, 0.25) is 0 Å². The molecule has 0 aromatic rings. The van der Waals surface area contributed by atoms with Gasteiger partial charge in [-0.15, -0.1) is 0 Å². The average Bonchev–Trinajstić information content (AvgIpc) is 3.20. The number of phosphoric ester groups is 2. The molecule has 0 radical (unpaired) electrons. The van der Waals surface area contributed by atoms with Crippen LogP contribution in [0.5, 0.6) is 0 Å². The summed E-state index contributed by atoms with van der Waals surface area (Å²) < 4.78 is 47.5. The van der Waals surface area contributed by atoms with E-state index in [0.717, 1.165) is 57.8 Å². The van der Waals surface area contributed by atoms with Gasteiger partial charge in [0, 0.05) is 12.8 Å². The van der Waals surface area contributed by atoms with Gasteiger partial charge in [-0.25, -0.2) is 9.13 Å². The lowest BCUT2D eigenvalue weighted by atomic mass is 10.1. The summed E-state index contributed by atoms with van der Waals surface area (Å²) in [7, 11) is -9.77. The first-order valence-electron chi connectivity index (χ1n) is 21.0. The predicted octanol–water partition coefficient (Wildman–Crippen LogP) is 9.53. The zero-order valence-electron chi connectivity index (χ0n) is 35.6. The van der Waals surface area contributed by atoms with Crippen LogP contribution in [0.3, 0.4) is 0 Å². The summed E-state index contributed by atoms with van der Waals surface area (Å²) in [5, 5.41) is 20.0. The van der Waals surface area contributed by atoms with Crippen LogP contribution in [0.25, 0.3) is 0 Å². The van der Waals surface area contributed by atoms with E-state index >= 15 is 0 Å². The van der Waals surface area contributed by atoms with Crippen molar-refractivity contribution in [2.75, 3.05) is 26.4 Å². The zero-order chi connectivity index (χ0) is 44.6. The highest BCUT2D eigenvalue weighted by Gasteiger charge is 2.28. The molecule has 60 heavy (non-hydrogen) atoms. The molecule has 0 fully saturated rings. The van der Waals surface area contributed by atoms with Gasteiger partial charge in [0.05, 0.1) is 25.9 Å². The Morgan fingerprint density at radius 2 is 1.08 bits per heavy atom. The number of hydrogen-bond donors (Lipinski definition) is 5. The number of ether oxygens (including phenoxy) is 2. The van der Waals surface area contributed by atoms with Crippen molar-refractivity contribution >= 4 is 27.6 Å². The molecule has 0 rings (SSSR count). The lowest BCUT2D eigenvalue weighted by Gasteiger charge is -2.20. The molecule has 0 aliphatic rings. The molecule has 0 bridgehead atoms. The lowest BCUT2D eigenvalue weighted by molar-refractivity contribution is -0.161. The topological polar surface area (TPSA) is 216 Å². The molecule has 2 unspecified atom stereocenters. The second-order valence-electron chi connectivity index (χ2n) is 13.7. The summed E-state index contributed by atoms with van der Waals surface area (Å²) in [5.41, 5.74) is 0.